The molecule has 0 bridgehead atoms. The summed E-state index contributed by atoms with van der Waals surface area (Å²) in [4.78, 5) is 20.0. The number of anilines is 1. The number of pyridine rings is 1. The molecule has 3 N–H and O–H groups in total. The molecular formula is C19H23FN4O2. The fourth-order valence-electron chi connectivity index (χ4n) is 3.09. The molecule has 1 atom stereocenters. The Morgan fingerprint density at radius 2 is 1.77 bits per heavy atom. The first-order valence-corrected chi connectivity index (χ1v) is 8.67. The Balaban J connectivity index is 1.54. The smallest absolute Gasteiger partial charge is 0.320 e. The number of aromatic nitrogens is 1. The van der Waals surface area contributed by atoms with Gasteiger partial charge in [0.15, 0.2) is 0 Å². The minimum absolute atomic E-state index is 0.221. The van der Waals surface area contributed by atoms with Crippen molar-refractivity contribution in [2.45, 2.75) is 19.0 Å². The van der Waals surface area contributed by atoms with Crippen LogP contribution in [0.25, 0.3) is 0 Å². The number of nitrogens with two attached hydrogens (primary N) is 1. The highest BCUT2D eigenvalue weighted by Gasteiger charge is 2.18. The largest absolute Gasteiger partial charge is 0.480 e. The van der Waals surface area contributed by atoms with E-state index in [1.54, 1.807) is 6.07 Å². The van der Waals surface area contributed by atoms with E-state index in [9.17, 15) is 9.18 Å². The summed E-state index contributed by atoms with van der Waals surface area (Å²) in [5.41, 5.74) is 8.23. The normalized spacial score (nSPS) is 16.5. The first kappa shape index (κ1) is 18.3. The van der Waals surface area contributed by atoms with Crippen LogP contribution in [0.2, 0.25) is 0 Å². The fourth-order valence-corrected chi connectivity index (χ4v) is 3.09. The van der Waals surface area contributed by atoms with Gasteiger partial charge < -0.3 is 15.7 Å². The van der Waals surface area contributed by atoms with Crippen LogP contribution in [0.4, 0.5) is 10.1 Å². The van der Waals surface area contributed by atoms with Crippen molar-refractivity contribution in [1.82, 2.24) is 9.88 Å². The van der Waals surface area contributed by atoms with Gasteiger partial charge >= 0.3 is 5.97 Å². The van der Waals surface area contributed by atoms with Crippen LogP contribution in [0.5, 0.6) is 0 Å². The molecule has 1 aromatic carbocycles. The highest BCUT2D eigenvalue weighted by atomic mass is 19.1. The Morgan fingerprint density at radius 3 is 2.42 bits per heavy atom. The fraction of sp³-hybridized carbons (Fsp3) is 0.368. The van der Waals surface area contributed by atoms with Gasteiger partial charge in [0.05, 0.1) is 5.69 Å². The number of halogens is 1. The molecule has 1 aliphatic rings. The number of rotatable bonds is 6. The van der Waals surface area contributed by atoms with Crippen molar-refractivity contribution in [3.05, 3.63) is 59.7 Å². The molecule has 0 spiro atoms. The molecule has 1 aromatic heterocycles. The van der Waals surface area contributed by atoms with Gasteiger partial charge in [0.25, 0.3) is 0 Å². The number of piperazine rings is 1. The lowest BCUT2D eigenvalue weighted by Gasteiger charge is -2.36. The van der Waals surface area contributed by atoms with Crippen LogP contribution >= 0.6 is 0 Å². The first-order chi connectivity index (χ1) is 12.5. The molecule has 138 valence electrons. The standard InChI is InChI=1S/C19H23FN4O2/c20-14-4-6-17(7-5-14)24-10-8-23(9-11-24)13-16-3-1-2-15(22-16)12-18(21)19(25)26/h1-7,18H,8-13,21H2,(H,25,26). The summed E-state index contributed by atoms with van der Waals surface area (Å²) < 4.78 is 13.0. The van der Waals surface area contributed by atoms with Crippen LogP contribution in [0.3, 0.4) is 0 Å². The molecule has 7 heteroatoms. The molecule has 0 radical (unpaired) electrons. The van der Waals surface area contributed by atoms with Crippen LogP contribution in [0.1, 0.15) is 11.4 Å². The third-order valence-electron chi connectivity index (χ3n) is 4.56. The van der Waals surface area contributed by atoms with Crippen LogP contribution in [0, 0.1) is 5.82 Å². The maximum absolute atomic E-state index is 13.0. The molecule has 1 saturated heterocycles. The van der Waals surface area contributed by atoms with Crippen molar-refractivity contribution in [3.63, 3.8) is 0 Å². The van der Waals surface area contributed by atoms with E-state index >= 15 is 0 Å². The van der Waals surface area contributed by atoms with E-state index in [0.29, 0.717) is 12.2 Å². The molecule has 0 amide bonds. The minimum Gasteiger partial charge on any atom is -0.480 e. The zero-order valence-electron chi connectivity index (χ0n) is 14.5. The van der Waals surface area contributed by atoms with E-state index in [2.05, 4.69) is 14.8 Å². The Hall–Kier alpha value is -2.51. The molecule has 0 saturated carbocycles. The third-order valence-corrected chi connectivity index (χ3v) is 4.56. The average Bonchev–Trinajstić information content (AvgIpc) is 2.63. The van der Waals surface area contributed by atoms with Gasteiger partial charge in [0.2, 0.25) is 0 Å². The number of hydrogen-bond donors (Lipinski definition) is 2. The van der Waals surface area contributed by atoms with E-state index in [1.165, 1.54) is 12.1 Å². The number of carbonyl (C=O) groups is 1. The van der Waals surface area contributed by atoms with Crippen molar-refractivity contribution >= 4 is 11.7 Å². The summed E-state index contributed by atoms with van der Waals surface area (Å²) in [5.74, 6) is -1.24. The van der Waals surface area contributed by atoms with Crippen LogP contribution in [0.15, 0.2) is 42.5 Å². The van der Waals surface area contributed by atoms with Gasteiger partial charge in [0.1, 0.15) is 11.9 Å². The SMILES string of the molecule is NC(Cc1cccc(CN2CCN(c3ccc(F)cc3)CC2)n1)C(=O)O. The van der Waals surface area contributed by atoms with Crippen molar-refractivity contribution in [2.24, 2.45) is 5.73 Å². The third kappa shape index (κ3) is 4.77. The lowest BCUT2D eigenvalue weighted by atomic mass is 10.1. The Bertz CT molecular complexity index is 745. The van der Waals surface area contributed by atoms with Gasteiger partial charge in [-0.05, 0) is 36.4 Å². The Morgan fingerprint density at radius 1 is 1.12 bits per heavy atom. The second-order valence-corrected chi connectivity index (χ2v) is 6.51. The Labute approximate surface area is 152 Å². The summed E-state index contributed by atoms with van der Waals surface area (Å²) in [6.07, 6.45) is 0.224. The van der Waals surface area contributed by atoms with Gasteiger partial charge in [-0.15, -0.1) is 0 Å². The quantitative estimate of drug-likeness (QED) is 0.814. The Kier molecular flexibility index (Phi) is 5.80. The number of benzene rings is 1. The number of aliphatic carboxylic acids is 1. The van der Waals surface area contributed by atoms with Crippen molar-refractivity contribution in [1.29, 1.82) is 0 Å². The summed E-state index contributed by atoms with van der Waals surface area (Å²) in [7, 11) is 0. The predicted octanol–water partition coefficient (Wildman–Crippen LogP) is 1.50. The number of hydrogen-bond acceptors (Lipinski definition) is 5. The van der Waals surface area contributed by atoms with Crippen LogP contribution in [-0.2, 0) is 17.8 Å². The summed E-state index contributed by atoms with van der Waals surface area (Å²) in [6, 6.07) is 11.3. The van der Waals surface area contributed by atoms with Crippen LogP contribution in [-0.4, -0.2) is 53.2 Å². The second kappa shape index (κ2) is 8.25. The van der Waals surface area contributed by atoms with E-state index in [0.717, 1.165) is 37.6 Å². The maximum atomic E-state index is 13.0. The molecule has 2 aromatic rings. The van der Waals surface area contributed by atoms with E-state index in [4.69, 9.17) is 10.8 Å². The molecule has 1 aliphatic heterocycles. The average molecular weight is 358 g/mol. The van der Waals surface area contributed by atoms with Crippen LogP contribution < -0.4 is 10.6 Å². The van der Waals surface area contributed by atoms with Gasteiger partial charge in [-0.1, -0.05) is 6.07 Å². The molecule has 1 fully saturated rings. The summed E-state index contributed by atoms with van der Waals surface area (Å²) in [5, 5.41) is 8.92. The zero-order valence-corrected chi connectivity index (χ0v) is 14.5. The van der Waals surface area contributed by atoms with Gasteiger partial charge in [0, 0.05) is 50.5 Å². The van der Waals surface area contributed by atoms with Crippen molar-refractivity contribution < 1.29 is 14.3 Å². The topological polar surface area (TPSA) is 82.7 Å². The molecule has 2 heterocycles. The van der Waals surface area contributed by atoms with E-state index in [-0.39, 0.29) is 12.2 Å². The highest BCUT2D eigenvalue weighted by Crippen LogP contribution is 2.17. The lowest BCUT2D eigenvalue weighted by Crippen LogP contribution is -2.46. The number of carboxylic acid groups (broad SMARTS) is 1. The number of nitrogens with zero attached hydrogens (tertiary/aromatic N) is 3. The lowest BCUT2D eigenvalue weighted by molar-refractivity contribution is -0.138. The zero-order chi connectivity index (χ0) is 18.5. The number of carboxylic acids is 1. The van der Waals surface area contributed by atoms with Gasteiger partial charge in [-0.3, -0.25) is 14.7 Å². The van der Waals surface area contributed by atoms with Crippen molar-refractivity contribution in [2.75, 3.05) is 31.1 Å². The van der Waals surface area contributed by atoms with E-state index in [1.807, 2.05) is 24.3 Å². The molecule has 1 unspecified atom stereocenters. The molecule has 6 nitrogen and oxygen atoms in total. The molecular weight excluding hydrogens is 335 g/mol. The minimum atomic E-state index is -1.02. The molecule has 3 rings (SSSR count). The molecule has 0 aliphatic carbocycles. The highest BCUT2D eigenvalue weighted by molar-refractivity contribution is 5.73. The van der Waals surface area contributed by atoms with Crippen molar-refractivity contribution in [3.8, 4) is 0 Å². The van der Waals surface area contributed by atoms with Gasteiger partial charge in [-0.25, -0.2) is 4.39 Å². The van der Waals surface area contributed by atoms with E-state index < -0.39 is 12.0 Å². The summed E-state index contributed by atoms with van der Waals surface area (Å²) in [6.45, 7) is 4.23. The van der Waals surface area contributed by atoms with Gasteiger partial charge in [-0.2, -0.15) is 0 Å². The first-order valence-electron chi connectivity index (χ1n) is 8.67. The predicted molar refractivity (Wildman–Crippen MR) is 97.4 cm³/mol. The summed E-state index contributed by atoms with van der Waals surface area (Å²) >= 11 is 0. The monoisotopic (exact) mass is 358 g/mol. The maximum Gasteiger partial charge on any atom is 0.320 e. The molecule has 26 heavy (non-hydrogen) atoms. The second-order valence-electron chi connectivity index (χ2n) is 6.51.